The molecule has 0 aliphatic carbocycles. The lowest BCUT2D eigenvalue weighted by atomic mass is 10.0. The van der Waals surface area contributed by atoms with E-state index in [9.17, 15) is 0 Å². The number of methoxy groups -OCH3 is 2. The molecule has 112 valence electrons. The molecular weight excluding hydrogens is 377 g/mol. The minimum Gasteiger partial charge on any atom is -0.493 e. The van der Waals surface area contributed by atoms with E-state index in [2.05, 4.69) is 65.2 Å². The molecule has 0 radical (unpaired) electrons. The van der Waals surface area contributed by atoms with Crippen molar-refractivity contribution in [2.24, 2.45) is 0 Å². The Morgan fingerprint density at radius 2 is 1.81 bits per heavy atom. The standard InChI is InChI=1S/C17H20INO2/c1-4-15(19-14-7-5-6-13(18)11-14)12-8-9-16(20-2)17(10-12)21-3/h5-11,15,19H,4H2,1-3H3. The van der Waals surface area contributed by atoms with Gasteiger partial charge in [-0.15, -0.1) is 0 Å². The highest BCUT2D eigenvalue weighted by Crippen LogP contribution is 2.32. The fourth-order valence-electron chi connectivity index (χ4n) is 2.27. The molecular formula is C17H20INO2. The number of nitrogens with one attached hydrogen (secondary N) is 1. The molecule has 21 heavy (non-hydrogen) atoms. The van der Waals surface area contributed by atoms with Crippen LogP contribution in [-0.4, -0.2) is 14.2 Å². The van der Waals surface area contributed by atoms with E-state index in [1.165, 1.54) is 9.13 Å². The van der Waals surface area contributed by atoms with Crippen molar-refractivity contribution in [1.82, 2.24) is 0 Å². The van der Waals surface area contributed by atoms with Crippen molar-refractivity contribution >= 4 is 28.3 Å². The maximum absolute atomic E-state index is 5.39. The molecule has 4 heteroatoms. The predicted octanol–water partition coefficient (Wildman–Crippen LogP) is 4.87. The van der Waals surface area contributed by atoms with Crippen LogP contribution in [0.2, 0.25) is 0 Å². The average Bonchev–Trinajstić information content (AvgIpc) is 2.52. The second-order valence-corrected chi connectivity index (χ2v) is 5.98. The number of anilines is 1. The molecule has 1 atom stereocenters. The number of ether oxygens (including phenoxy) is 2. The summed E-state index contributed by atoms with van der Waals surface area (Å²) in [6.07, 6.45) is 0.987. The summed E-state index contributed by atoms with van der Waals surface area (Å²) in [7, 11) is 3.31. The van der Waals surface area contributed by atoms with Crippen LogP contribution in [0.5, 0.6) is 11.5 Å². The Balaban J connectivity index is 2.25. The van der Waals surface area contributed by atoms with Gasteiger partial charge in [0, 0.05) is 9.26 Å². The van der Waals surface area contributed by atoms with Crippen molar-refractivity contribution < 1.29 is 9.47 Å². The lowest BCUT2D eigenvalue weighted by molar-refractivity contribution is 0.354. The molecule has 2 aromatic carbocycles. The van der Waals surface area contributed by atoms with Crippen LogP contribution < -0.4 is 14.8 Å². The lowest BCUT2D eigenvalue weighted by Gasteiger charge is -2.20. The minimum absolute atomic E-state index is 0.239. The number of rotatable bonds is 6. The zero-order valence-corrected chi connectivity index (χ0v) is 14.7. The van der Waals surface area contributed by atoms with Gasteiger partial charge in [-0.1, -0.05) is 19.1 Å². The molecule has 3 nitrogen and oxygen atoms in total. The van der Waals surface area contributed by atoms with Crippen molar-refractivity contribution in [2.75, 3.05) is 19.5 Å². The summed E-state index contributed by atoms with van der Waals surface area (Å²) in [5, 5.41) is 3.57. The van der Waals surface area contributed by atoms with Crippen molar-refractivity contribution in [3.8, 4) is 11.5 Å². The van der Waals surface area contributed by atoms with Crippen LogP contribution in [0.3, 0.4) is 0 Å². The molecule has 0 heterocycles. The van der Waals surface area contributed by atoms with E-state index in [4.69, 9.17) is 9.47 Å². The second-order valence-electron chi connectivity index (χ2n) is 4.73. The summed E-state index contributed by atoms with van der Waals surface area (Å²) in [4.78, 5) is 0. The van der Waals surface area contributed by atoms with Gasteiger partial charge in [0.15, 0.2) is 11.5 Å². The van der Waals surface area contributed by atoms with Crippen LogP contribution in [0.1, 0.15) is 24.9 Å². The Labute approximate surface area is 139 Å². The Morgan fingerprint density at radius 3 is 2.43 bits per heavy atom. The molecule has 0 saturated heterocycles. The number of halogens is 1. The number of hydrogen-bond donors (Lipinski definition) is 1. The number of benzene rings is 2. The molecule has 0 aliphatic heterocycles. The smallest absolute Gasteiger partial charge is 0.161 e. The van der Waals surface area contributed by atoms with E-state index in [-0.39, 0.29) is 6.04 Å². The molecule has 0 spiro atoms. The molecule has 1 N–H and O–H groups in total. The summed E-state index contributed by atoms with van der Waals surface area (Å²) in [5.74, 6) is 1.52. The fourth-order valence-corrected chi connectivity index (χ4v) is 2.81. The summed E-state index contributed by atoms with van der Waals surface area (Å²) >= 11 is 2.32. The van der Waals surface area contributed by atoms with Gasteiger partial charge >= 0.3 is 0 Å². The van der Waals surface area contributed by atoms with E-state index < -0.39 is 0 Å². The summed E-state index contributed by atoms with van der Waals surface area (Å²) < 4.78 is 11.9. The molecule has 0 fully saturated rings. The summed E-state index contributed by atoms with van der Waals surface area (Å²) in [5.41, 5.74) is 2.32. The van der Waals surface area contributed by atoms with Crippen molar-refractivity contribution in [3.63, 3.8) is 0 Å². The first-order valence-electron chi connectivity index (χ1n) is 6.92. The van der Waals surface area contributed by atoms with E-state index in [1.54, 1.807) is 14.2 Å². The largest absolute Gasteiger partial charge is 0.493 e. The molecule has 1 unspecified atom stereocenters. The van der Waals surface area contributed by atoms with Crippen LogP contribution in [0.15, 0.2) is 42.5 Å². The van der Waals surface area contributed by atoms with Gasteiger partial charge in [0.05, 0.1) is 20.3 Å². The second kappa shape index (κ2) is 7.54. The highest BCUT2D eigenvalue weighted by atomic mass is 127. The quantitative estimate of drug-likeness (QED) is 0.706. The first-order valence-corrected chi connectivity index (χ1v) is 7.99. The van der Waals surface area contributed by atoms with Crippen molar-refractivity contribution in [1.29, 1.82) is 0 Å². The Hall–Kier alpha value is -1.43. The van der Waals surface area contributed by atoms with E-state index in [0.717, 1.165) is 23.6 Å². The normalized spacial score (nSPS) is 11.8. The average molecular weight is 397 g/mol. The third kappa shape index (κ3) is 4.03. The van der Waals surface area contributed by atoms with Crippen LogP contribution in [0, 0.1) is 3.57 Å². The zero-order chi connectivity index (χ0) is 15.2. The molecule has 0 amide bonds. The Morgan fingerprint density at radius 1 is 1.05 bits per heavy atom. The van der Waals surface area contributed by atoms with Gasteiger partial charge in [0.1, 0.15) is 0 Å². The predicted molar refractivity (Wildman–Crippen MR) is 95.4 cm³/mol. The molecule has 0 aromatic heterocycles. The third-order valence-electron chi connectivity index (χ3n) is 3.38. The lowest BCUT2D eigenvalue weighted by Crippen LogP contribution is -2.10. The maximum Gasteiger partial charge on any atom is 0.161 e. The van der Waals surface area contributed by atoms with Gasteiger partial charge in [0.2, 0.25) is 0 Å². The molecule has 0 saturated carbocycles. The minimum atomic E-state index is 0.239. The third-order valence-corrected chi connectivity index (χ3v) is 4.05. The van der Waals surface area contributed by atoms with Gasteiger partial charge in [-0.2, -0.15) is 0 Å². The van der Waals surface area contributed by atoms with Crippen LogP contribution in [0.4, 0.5) is 5.69 Å². The van der Waals surface area contributed by atoms with Crippen molar-refractivity contribution in [3.05, 3.63) is 51.6 Å². The summed E-state index contributed by atoms with van der Waals surface area (Å²) in [6.45, 7) is 2.17. The highest BCUT2D eigenvalue weighted by molar-refractivity contribution is 14.1. The molecule has 2 aromatic rings. The molecule has 2 rings (SSSR count). The SMILES string of the molecule is CCC(Nc1cccc(I)c1)c1ccc(OC)c(OC)c1. The zero-order valence-electron chi connectivity index (χ0n) is 12.5. The number of hydrogen-bond acceptors (Lipinski definition) is 3. The first-order chi connectivity index (χ1) is 10.2. The van der Waals surface area contributed by atoms with Gasteiger partial charge in [0.25, 0.3) is 0 Å². The van der Waals surface area contributed by atoms with E-state index in [1.807, 2.05) is 12.1 Å². The molecule has 0 aliphatic rings. The Kier molecular flexibility index (Phi) is 5.73. The van der Waals surface area contributed by atoms with E-state index >= 15 is 0 Å². The molecule has 0 bridgehead atoms. The van der Waals surface area contributed by atoms with Gasteiger partial charge in [-0.05, 0) is 64.9 Å². The Bertz CT molecular complexity index is 601. The first kappa shape index (κ1) is 15.9. The van der Waals surface area contributed by atoms with Crippen LogP contribution >= 0.6 is 22.6 Å². The van der Waals surface area contributed by atoms with Gasteiger partial charge in [-0.25, -0.2) is 0 Å². The topological polar surface area (TPSA) is 30.5 Å². The fraction of sp³-hybridized carbons (Fsp3) is 0.294. The van der Waals surface area contributed by atoms with Crippen LogP contribution in [-0.2, 0) is 0 Å². The summed E-state index contributed by atoms with van der Waals surface area (Å²) in [6, 6.07) is 14.7. The van der Waals surface area contributed by atoms with Gasteiger partial charge in [-0.3, -0.25) is 0 Å². The van der Waals surface area contributed by atoms with Crippen LogP contribution in [0.25, 0.3) is 0 Å². The van der Waals surface area contributed by atoms with E-state index in [0.29, 0.717) is 0 Å². The maximum atomic E-state index is 5.39. The highest BCUT2D eigenvalue weighted by Gasteiger charge is 2.12. The van der Waals surface area contributed by atoms with Gasteiger partial charge < -0.3 is 14.8 Å². The van der Waals surface area contributed by atoms with Crippen molar-refractivity contribution in [2.45, 2.75) is 19.4 Å². The monoisotopic (exact) mass is 397 g/mol.